The molecule has 0 aliphatic heterocycles. The standard InChI is InChI=1S/C17H11BrF3N3O2/c18-12-7-2-1-6-11(12)15(25)22-14-13(23-24-16(14)26)9-4-3-5-10(8-9)17(19,20)21/h1-8H,(H,22,25)(H2,23,24,26). The number of hydrogen-bond donors (Lipinski definition) is 3. The van der Waals surface area contributed by atoms with Crippen LogP contribution in [0.5, 0.6) is 0 Å². The summed E-state index contributed by atoms with van der Waals surface area (Å²) in [5.41, 5.74) is -1.23. The SMILES string of the molecule is O=C(Nc1c(-c2cccc(C(F)(F)F)c2)[nH][nH]c1=O)c1ccccc1Br. The van der Waals surface area contributed by atoms with Crippen molar-refractivity contribution in [2.45, 2.75) is 6.18 Å². The monoisotopic (exact) mass is 425 g/mol. The van der Waals surface area contributed by atoms with Gasteiger partial charge in [0.05, 0.1) is 16.8 Å². The van der Waals surface area contributed by atoms with Crippen LogP contribution in [-0.4, -0.2) is 16.1 Å². The van der Waals surface area contributed by atoms with Crippen LogP contribution in [0.15, 0.2) is 57.8 Å². The van der Waals surface area contributed by atoms with Crippen LogP contribution in [-0.2, 0) is 6.18 Å². The van der Waals surface area contributed by atoms with Gasteiger partial charge in [-0.1, -0.05) is 24.3 Å². The molecule has 3 N–H and O–H groups in total. The van der Waals surface area contributed by atoms with Crippen molar-refractivity contribution in [3.63, 3.8) is 0 Å². The zero-order valence-electron chi connectivity index (χ0n) is 12.9. The third-order valence-corrected chi connectivity index (χ3v) is 4.31. The lowest BCUT2D eigenvalue weighted by Gasteiger charge is -2.10. The second kappa shape index (κ2) is 6.83. The fourth-order valence-electron chi connectivity index (χ4n) is 2.37. The molecular formula is C17H11BrF3N3O2. The van der Waals surface area contributed by atoms with E-state index in [0.29, 0.717) is 4.47 Å². The quantitative estimate of drug-likeness (QED) is 0.581. The molecule has 9 heteroatoms. The summed E-state index contributed by atoms with van der Waals surface area (Å²) in [4.78, 5) is 24.4. The van der Waals surface area contributed by atoms with Gasteiger partial charge in [0.25, 0.3) is 11.5 Å². The summed E-state index contributed by atoms with van der Waals surface area (Å²) in [5.74, 6) is -0.573. The molecule has 0 saturated carbocycles. The van der Waals surface area contributed by atoms with Gasteiger partial charge in [-0.2, -0.15) is 13.2 Å². The molecule has 0 aliphatic carbocycles. The number of aromatic amines is 2. The lowest BCUT2D eigenvalue weighted by atomic mass is 10.1. The second-order valence-corrected chi connectivity index (χ2v) is 6.20. The van der Waals surface area contributed by atoms with Crippen LogP contribution in [0.25, 0.3) is 11.3 Å². The number of rotatable bonds is 3. The Morgan fingerprint density at radius 3 is 2.46 bits per heavy atom. The number of carbonyl (C=O) groups excluding carboxylic acids is 1. The predicted octanol–water partition coefficient (Wildman–Crippen LogP) is 4.40. The molecule has 0 saturated heterocycles. The normalized spacial score (nSPS) is 11.4. The van der Waals surface area contributed by atoms with Crippen molar-refractivity contribution >= 4 is 27.5 Å². The van der Waals surface area contributed by atoms with Gasteiger partial charge in [0.2, 0.25) is 0 Å². The molecule has 1 heterocycles. The van der Waals surface area contributed by atoms with E-state index in [4.69, 9.17) is 0 Å². The van der Waals surface area contributed by atoms with Crippen LogP contribution in [0.4, 0.5) is 18.9 Å². The largest absolute Gasteiger partial charge is 0.416 e. The van der Waals surface area contributed by atoms with E-state index in [1.807, 2.05) is 0 Å². The highest BCUT2D eigenvalue weighted by molar-refractivity contribution is 9.10. The Balaban J connectivity index is 1.99. The first-order valence-electron chi connectivity index (χ1n) is 7.31. The minimum Gasteiger partial charge on any atom is -0.315 e. The Hall–Kier alpha value is -2.81. The van der Waals surface area contributed by atoms with E-state index in [9.17, 15) is 22.8 Å². The van der Waals surface area contributed by atoms with Gasteiger partial charge in [0.1, 0.15) is 5.69 Å². The summed E-state index contributed by atoms with van der Waals surface area (Å²) >= 11 is 3.23. The molecule has 134 valence electrons. The average Bonchev–Trinajstić information content (AvgIpc) is 2.95. The number of aromatic nitrogens is 2. The van der Waals surface area contributed by atoms with E-state index >= 15 is 0 Å². The van der Waals surface area contributed by atoms with E-state index in [1.165, 1.54) is 12.1 Å². The molecule has 3 aromatic rings. The molecule has 0 radical (unpaired) electrons. The summed E-state index contributed by atoms with van der Waals surface area (Å²) in [6.07, 6.45) is -4.52. The highest BCUT2D eigenvalue weighted by Crippen LogP contribution is 2.33. The number of halogens is 4. The van der Waals surface area contributed by atoms with Gasteiger partial charge in [0, 0.05) is 10.0 Å². The van der Waals surface area contributed by atoms with Gasteiger partial charge in [-0.05, 0) is 40.2 Å². The molecule has 2 aromatic carbocycles. The van der Waals surface area contributed by atoms with Gasteiger partial charge in [-0.25, -0.2) is 0 Å². The number of carbonyl (C=O) groups is 1. The van der Waals surface area contributed by atoms with Gasteiger partial charge in [-0.15, -0.1) is 0 Å². The maximum atomic E-state index is 12.9. The van der Waals surface area contributed by atoms with E-state index in [2.05, 4.69) is 31.4 Å². The molecule has 0 aliphatic rings. The molecule has 0 unspecified atom stereocenters. The number of anilines is 1. The Morgan fingerprint density at radius 1 is 1.04 bits per heavy atom. The Kier molecular flexibility index (Phi) is 4.73. The average molecular weight is 426 g/mol. The summed E-state index contributed by atoms with van der Waals surface area (Å²) in [5, 5.41) is 7.23. The molecule has 3 rings (SSSR count). The molecule has 0 fully saturated rings. The van der Waals surface area contributed by atoms with E-state index in [0.717, 1.165) is 12.1 Å². The van der Waals surface area contributed by atoms with E-state index in [1.54, 1.807) is 24.3 Å². The molecule has 0 atom stereocenters. The summed E-state index contributed by atoms with van der Waals surface area (Å²) in [6.45, 7) is 0. The Bertz CT molecular complexity index is 1020. The predicted molar refractivity (Wildman–Crippen MR) is 93.9 cm³/mol. The highest BCUT2D eigenvalue weighted by Gasteiger charge is 2.31. The van der Waals surface area contributed by atoms with Gasteiger partial charge in [-0.3, -0.25) is 19.8 Å². The lowest BCUT2D eigenvalue weighted by molar-refractivity contribution is -0.137. The van der Waals surface area contributed by atoms with Crippen LogP contribution in [0.1, 0.15) is 15.9 Å². The first-order chi connectivity index (χ1) is 12.3. The third kappa shape index (κ3) is 3.57. The second-order valence-electron chi connectivity index (χ2n) is 5.34. The fourth-order valence-corrected chi connectivity index (χ4v) is 2.84. The Labute approximate surface area is 153 Å². The highest BCUT2D eigenvalue weighted by atomic mass is 79.9. The first kappa shape index (κ1) is 18.0. The van der Waals surface area contributed by atoms with Gasteiger partial charge >= 0.3 is 6.18 Å². The molecule has 5 nitrogen and oxygen atoms in total. The minimum atomic E-state index is -4.52. The van der Waals surface area contributed by atoms with Crippen LogP contribution >= 0.6 is 15.9 Å². The Morgan fingerprint density at radius 2 is 1.77 bits per heavy atom. The van der Waals surface area contributed by atoms with Crippen molar-refractivity contribution < 1.29 is 18.0 Å². The third-order valence-electron chi connectivity index (χ3n) is 3.61. The summed E-state index contributed by atoms with van der Waals surface area (Å²) in [7, 11) is 0. The van der Waals surface area contributed by atoms with Crippen molar-refractivity contribution in [3.05, 3.63) is 74.5 Å². The van der Waals surface area contributed by atoms with Crippen molar-refractivity contribution in [2.24, 2.45) is 0 Å². The maximum Gasteiger partial charge on any atom is 0.416 e. The van der Waals surface area contributed by atoms with Crippen LogP contribution < -0.4 is 10.9 Å². The number of amides is 1. The van der Waals surface area contributed by atoms with E-state index in [-0.39, 0.29) is 22.5 Å². The molecule has 0 bridgehead atoms. The lowest BCUT2D eigenvalue weighted by Crippen LogP contribution is -2.18. The van der Waals surface area contributed by atoms with Crippen molar-refractivity contribution in [3.8, 4) is 11.3 Å². The summed E-state index contributed by atoms with van der Waals surface area (Å²) < 4.78 is 39.3. The summed E-state index contributed by atoms with van der Waals surface area (Å²) in [6, 6.07) is 11.0. The van der Waals surface area contributed by atoms with Crippen molar-refractivity contribution in [1.82, 2.24) is 10.2 Å². The van der Waals surface area contributed by atoms with Gasteiger partial charge < -0.3 is 5.32 Å². The van der Waals surface area contributed by atoms with E-state index < -0.39 is 23.2 Å². The molecule has 1 aromatic heterocycles. The van der Waals surface area contributed by atoms with Crippen LogP contribution in [0, 0.1) is 0 Å². The van der Waals surface area contributed by atoms with Crippen LogP contribution in [0.3, 0.4) is 0 Å². The van der Waals surface area contributed by atoms with Crippen molar-refractivity contribution in [2.75, 3.05) is 5.32 Å². The number of nitrogens with one attached hydrogen (secondary N) is 3. The zero-order valence-corrected chi connectivity index (χ0v) is 14.5. The first-order valence-corrected chi connectivity index (χ1v) is 8.11. The molecule has 1 amide bonds. The number of alkyl halides is 3. The van der Waals surface area contributed by atoms with Crippen molar-refractivity contribution in [1.29, 1.82) is 0 Å². The van der Waals surface area contributed by atoms with Gasteiger partial charge in [0.15, 0.2) is 0 Å². The fraction of sp³-hybridized carbons (Fsp3) is 0.0588. The topological polar surface area (TPSA) is 77.8 Å². The molecule has 0 spiro atoms. The maximum absolute atomic E-state index is 12.9. The molecular weight excluding hydrogens is 415 g/mol. The zero-order chi connectivity index (χ0) is 18.9. The number of benzene rings is 2. The van der Waals surface area contributed by atoms with Crippen LogP contribution in [0.2, 0.25) is 0 Å². The number of H-pyrrole nitrogens is 2. The smallest absolute Gasteiger partial charge is 0.315 e. The molecule has 26 heavy (non-hydrogen) atoms. The number of hydrogen-bond acceptors (Lipinski definition) is 2. The minimum absolute atomic E-state index is 0.0569.